The Labute approximate surface area is 138 Å². The van der Waals surface area contributed by atoms with Crippen LogP contribution < -0.4 is 10.6 Å². The van der Waals surface area contributed by atoms with Gasteiger partial charge < -0.3 is 20.5 Å². The van der Waals surface area contributed by atoms with E-state index in [0.29, 0.717) is 12.8 Å². The first kappa shape index (κ1) is 18.0. The van der Waals surface area contributed by atoms with Crippen molar-refractivity contribution in [2.45, 2.75) is 82.9 Å². The highest BCUT2D eigenvalue weighted by atomic mass is 16.6. The second-order valence-electron chi connectivity index (χ2n) is 7.97. The van der Waals surface area contributed by atoms with Crippen LogP contribution >= 0.6 is 0 Å². The van der Waals surface area contributed by atoms with Gasteiger partial charge in [-0.15, -0.1) is 0 Å². The fraction of sp³-hybridized carbons (Fsp3) is 0.882. The molecule has 6 heteroatoms. The average Bonchev–Trinajstić information content (AvgIpc) is 2.41. The molecule has 2 aliphatic rings. The van der Waals surface area contributed by atoms with Gasteiger partial charge in [0.2, 0.25) is 5.91 Å². The Morgan fingerprint density at radius 2 is 1.78 bits per heavy atom. The largest absolute Gasteiger partial charge is 0.444 e. The smallest absolute Gasteiger partial charge is 0.408 e. The number of hydrogen-bond acceptors (Lipinski definition) is 4. The first-order chi connectivity index (χ1) is 10.7. The van der Waals surface area contributed by atoms with Gasteiger partial charge in [-0.1, -0.05) is 19.3 Å². The van der Waals surface area contributed by atoms with E-state index in [1.54, 1.807) is 20.8 Å². The summed E-state index contributed by atoms with van der Waals surface area (Å²) in [7, 11) is 0. The Hall–Kier alpha value is -1.30. The predicted octanol–water partition coefficient (Wildman–Crippen LogP) is 2.10. The van der Waals surface area contributed by atoms with E-state index in [1.165, 1.54) is 6.42 Å². The Bertz CT molecular complexity index is 432. The Morgan fingerprint density at radius 3 is 2.30 bits per heavy atom. The molecule has 2 aliphatic carbocycles. The lowest BCUT2D eigenvalue weighted by Gasteiger charge is -2.46. The topological polar surface area (TPSA) is 87.7 Å². The number of hydrogen-bond donors (Lipinski definition) is 3. The number of alkyl carbamates (subject to hydrolysis) is 1. The van der Waals surface area contributed by atoms with Crippen molar-refractivity contribution in [1.29, 1.82) is 0 Å². The molecule has 2 amide bonds. The van der Waals surface area contributed by atoms with Crippen molar-refractivity contribution in [3.05, 3.63) is 0 Å². The molecule has 2 saturated carbocycles. The predicted molar refractivity (Wildman–Crippen MR) is 86.9 cm³/mol. The highest BCUT2D eigenvalue weighted by molar-refractivity contribution is 5.91. The van der Waals surface area contributed by atoms with E-state index in [9.17, 15) is 14.7 Å². The van der Waals surface area contributed by atoms with E-state index in [2.05, 4.69) is 10.6 Å². The van der Waals surface area contributed by atoms with Crippen molar-refractivity contribution >= 4 is 12.0 Å². The van der Waals surface area contributed by atoms with E-state index in [0.717, 1.165) is 25.7 Å². The van der Waals surface area contributed by atoms with E-state index < -0.39 is 17.2 Å². The zero-order chi connectivity index (χ0) is 17.1. The van der Waals surface area contributed by atoms with Crippen molar-refractivity contribution in [1.82, 2.24) is 10.6 Å². The van der Waals surface area contributed by atoms with Crippen LogP contribution in [0.25, 0.3) is 0 Å². The molecule has 0 aromatic carbocycles. The Kier molecular flexibility index (Phi) is 5.55. The fourth-order valence-electron chi connectivity index (χ4n) is 3.47. The van der Waals surface area contributed by atoms with E-state index >= 15 is 0 Å². The maximum absolute atomic E-state index is 12.7. The average molecular weight is 326 g/mol. The zero-order valence-corrected chi connectivity index (χ0v) is 14.5. The van der Waals surface area contributed by atoms with E-state index in [1.807, 2.05) is 0 Å². The summed E-state index contributed by atoms with van der Waals surface area (Å²) in [5.74, 6) is -0.0815. The van der Waals surface area contributed by atoms with Crippen molar-refractivity contribution in [2.75, 3.05) is 6.61 Å². The third kappa shape index (κ3) is 4.83. The number of aliphatic hydroxyl groups excluding tert-OH is 1. The molecule has 0 radical (unpaired) electrons. The van der Waals surface area contributed by atoms with Gasteiger partial charge in [-0.2, -0.15) is 0 Å². The molecule has 0 aliphatic heterocycles. The maximum Gasteiger partial charge on any atom is 0.408 e. The molecule has 6 nitrogen and oxygen atoms in total. The second-order valence-corrected chi connectivity index (χ2v) is 7.97. The van der Waals surface area contributed by atoms with Crippen LogP contribution in [0.2, 0.25) is 0 Å². The molecule has 0 unspecified atom stereocenters. The molecule has 0 bridgehead atoms. The fourth-order valence-corrected chi connectivity index (χ4v) is 3.47. The first-order valence-corrected chi connectivity index (χ1v) is 8.67. The van der Waals surface area contributed by atoms with Gasteiger partial charge >= 0.3 is 6.09 Å². The summed E-state index contributed by atoms with van der Waals surface area (Å²) in [6, 6.07) is 0.196. The molecule has 0 saturated heterocycles. The van der Waals surface area contributed by atoms with Gasteiger partial charge in [-0.05, 0) is 52.4 Å². The summed E-state index contributed by atoms with van der Waals surface area (Å²) in [6.45, 7) is 5.41. The number of aliphatic hydroxyl groups is 1. The van der Waals surface area contributed by atoms with Crippen molar-refractivity contribution in [3.8, 4) is 0 Å². The van der Waals surface area contributed by atoms with Crippen LogP contribution in [0.3, 0.4) is 0 Å². The molecule has 0 aromatic heterocycles. The van der Waals surface area contributed by atoms with Crippen LogP contribution in [-0.2, 0) is 9.53 Å². The Morgan fingerprint density at radius 1 is 1.17 bits per heavy atom. The van der Waals surface area contributed by atoms with Crippen LogP contribution in [0.1, 0.15) is 65.7 Å². The molecule has 0 aromatic rings. The minimum absolute atomic E-state index is 0.0362. The lowest BCUT2D eigenvalue weighted by atomic mass is 9.67. The summed E-state index contributed by atoms with van der Waals surface area (Å²) in [5.41, 5.74) is -1.54. The number of carbonyl (C=O) groups excluding carboxylic acids is 2. The number of carbonyl (C=O) groups is 2. The van der Waals surface area contributed by atoms with Gasteiger partial charge in [-0.25, -0.2) is 4.79 Å². The highest BCUT2D eigenvalue weighted by Gasteiger charge is 2.51. The monoisotopic (exact) mass is 326 g/mol. The molecule has 2 fully saturated rings. The van der Waals surface area contributed by atoms with Gasteiger partial charge in [0.25, 0.3) is 0 Å². The van der Waals surface area contributed by atoms with Gasteiger partial charge in [0, 0.05) is 12.6 Å². The SMILES string of the molecule is CC(C)(C)OC(=O)NC1(C(=O)NC2CCCCC2)CC(CO)C1. The van der Waals surface area contributed by atoms with Gasteiger partial charge in [0.1, 0.15) is 11.1 Å². The number of ether oxygens (including phenoxy) is 1. The first-order valence-electron chi connectivity index (χ1n) is 8.67. The van der Waals surface area contributed by atoms with Gasteiger partial charge in [-0.3, -0.25) is 4.79 Å². The lowest BCUT2D eigenvalue weighted by molar-refractivity contribution is -0.135. The highest BCUT2D eigenvalue weighted by Crippen LogP contribution is 2.38. The van der Waals surface area contributed by atoms with Crippen molar-refractivity contribution in [3.63, 3.8) is 0 Å². The van der Waals surface area contributed by atoms with Crippen LogP contribution in [0, 0.1) is 5.92 Å². The molecule has 0 atom stereocenters. The van der Waals surface area contributed by atoms with E-state index in [4.69, 9.17) is 4.74 Å². The lowest BCUT2D eigenvalue weighted by Crippen LogP contribution is -2.67. The number of rotatable bonds is 4. The third-order valence-electron chi connectivity index (χ3n) is 4.65. The maximum atomic E-state index is 12.7. The normalized spacial score (nSPS) is 28.6. The molecule has 3 N–H and O–H groups in total. The summed E-state index contributed by atoms with van der Waals surface area (Å²) in [4.78, 5) is 24.8. The summed E-state index contributed by atoms with van der Waals surface area (Å²) in [6.07, 6.45) is 5.83. The van der Waals surface area contributed by atoms with Crippen molar-refractivity contribution in [2.24, 2.45) is 5.92 Å². The zero-order valence-electron chi connectivity index (χ0n) is 14.5. The minimum Gasteiger partial charge on any atom is -0.444 e. The van der Waals surface area contributed by atoms with Crippen molar-refractivity contribution < 1.29 is 19.4 Å². The Balaban J connectivity index is 1.97. The summed E-state index contributed by atoms with van der Waals surface area (Å²) < 4.78 is 5.29. The summed E-state index contributed by atoms with van der Waals surface area (Å²) >= 11 is 0. The summed E-state index contributed by atoms with van der Waals surface area (Å²) in [5, 5.41) is 15.1. The van der Waals surface area contributed by atoms with Crippen LogP contribution in [0.5, 0.6) is 0 Å². The van der Waals surface area contributed by atoms with Crippen LogP contribution in [0.15, 0.2) is 0 Å². The molecule has 132 valence electrons. The molecule has 0 heterocycles. The molecule has 0 spiro atoms. The van der Waals surface area contributed by atoms with Gasteiger partial charge in [0.15, 0.2) is 0 Å². The number of amides is 2. The molecular weight excluding hydrogens is 296 g/mol. The number of nitrogens with one attached hydrogen (secondary N) is 2. The standard InChI is InChI=1S/C17H30N2O4/c1-16(2,3)23-15(22)19-17(9-12(10-17)11-20)14(21)18-13-7-5-4-6-8-13/h12-13,20H,4-11H2,1-3H3,(H,18,21)(H,19,22). The van der Waals surface area contributed by atoms with Gasteiger partial charge in [0.05, 0.1) is 0 Å². The third-order valence-corrected chi connectivity index (χ3v) is 4.65. The molecule has 23 heavy (non-hydrogen) atoms. The van der Waals surface area contributed by atoms with E-state index in [-0.39, 0.29) is 24.5 Å². The quantitative estimate of drug-likeness (QED) is 0.738. The van der Waals surface area contributed by atoms with Crippen LogP contribution in [-0.4, -0.2) is 40.9 Å². The minimum atomic E-state index is -0.937. The van der Waals surface area contributed by atoms with Crippen LogP contribution in [0.4, 0.5) is 4.79 Å². The molecular formula is C17H30N2O4. The second kappa shape index (κ2) is 7.07. The molecule has 2 rings (SSSR count).